The fraction of sp³-hybridized carbons (Fsp3) is 0.600. The van der Waals surface area contributed by atoms with Crippen molar-refractivity contribution in [1.29, 1.82) is 0 Å². The van der Waals surface area contributed by atoms with E-state index in [0.29, 0.717) is 24.8 Å². The minimum absolute atomic E-state index is 0.182. The quantitative estimate of drug-likeness (QED) is 0.897. The van der Waals surface area contributed by atoms with Crippen molar-refractivity contribution in [2.75, 3.05) is 20.7 Å². The van der Waals surface area contributed by atoms with E-state index in [4.69, 9.17) is 4.74 Å². The van der Waals surface area contributed by atoms with Crippen molar-refractivity contribution in [2.24, 2.45) is 5.92 Å². The summed E-state index contributed by atoms with van der Waals surface area (Å²) in [4.78, 5) is 0.289. The molecule has 1 aromatic carbocycles. The molecule has 21 heavy (non-hydrogen) atoms. The molecule has 2 bridgehead atoms. The second-order valence-corrected chi connectivity index (χ2v) is 7.78. The Labute approximate surface area is 126 Å². The number of rotatable bonds is 5. The van der Waals surface area contributed by atoms with Crippen molar-refractivity contribution in [3.8, 4) is 5.75 Å². The van der Waals surface area contributed by atoms with Gasteiger partial charge in [-0.25, -0.2) is 8.42 Å². The average molecular weight is 310 g/mol. The number of ether oxygens (including phenoxy) is 1. The number of hydrogen-bond acceptors (Lipinski definition) is 4. The molecule has 2 unspecified atom stereocenters. The Morgan fingerprint density at radius 1 is 1.38 bits per heavy atom. The van der Waals surface area contributed by atoms with Crippen molar-refractivity contribution in [3.63, 3.8) is 0 Å². The predicted molar refractivity (Wildman–Crippen MR) is 80.8 cm³/mol. The van der Waals surface area contributed by atoms with Gasteiger partial charge in [0.1, 0.15) is 10.6 Å². The lowest BCUT2D eigenvalue weighted by atomic mass is 10.1. The van der Waals surface area contributed by atoms with E-state index in [0.717, 1.165) is 24.8 Å². The van der Waals surface area contributed by atoms with E-state index in [2.05, 4.69) is 5.32 Å². The standard InChI is InChI=1S/C15H22N2O3S/c1-16-9-11-4-6-15(14(8-11)20-2)21(18,19)17-10-12-3-5-13(17)7-12/h4,6,8,12-13,16H,3,5,7,9-10H2,1-2H3. The Hall–Kier alpha value is -1.11. The van der Waals surface area contributed by atoms with Gasteiger partial charge in [0.15, 0.2) is 0 Å². The molecule has 2 fully saturated rings. The molecule has 1 aromatic rings. The van der Waals surface area contributed by atoms with Crippen LogP contribution in [0.25, 0.3) is 0 Å². The zero-order chi connectivity index (χ0) is 15.0. The van der Waals surface area contributed by atoms with E-state index in [-0.39, 0.29) is 10.9 Å². The highest BCUT2D eigenvalue weighted by molar-refractivity contribution is 7.89. The summed E-state index contributed by atoms with van der Waals surface area (Å²) in [5.74, 6) is 0.977. The van der Waals surface area contributed by atoms with Crippen LogP contribution in [0.4, 0.5) is 0 Å². The molecule has 0 aromatic heterocycles. The highest BCUT2D eigenvalue weighted by Gasteiger charge is 2.44. The van der Waals surface area contributed by atoms with Crippen molar-refractivity contribution < 1.29 is 13.2 Å². The largest absolute Gasteiger partial charge is 0.495 e. The maximum Gasteiger partial charge on any atom is 0.247 e. The highest BCUT2D eigenvalue weighted by atomic mass is 32.2. The summed E-state index contributed by atoms with van der Waals surface area (Å²) in [6, 6.07) is 5.51. The van der Waals surface area contributed by atoms with Crippen molar-refractivity contribution >= 4 is 10.0 Å². The molecular formula is C15H22N2O3S. The predicted octanol–water partition coefficient (Wildman–Crippen LogP) is 1.59. The molecule has 0 radical (unpaired) electrons. The Morgan fingerprint density at radius 2 is 2.19 bits per heavy atom. The van der Waals surface area contributed by atoms with Crippen LogP contribution >= 0.6 is 0 Å². The summed E-state index contributed by atoms with van der Waals surface area (Å²) in [6.07, 6.45) is 3.17. The maximum absolute atomic E-state index is 12.9. The fourth-order valence-corrected chi connectivity index (χ4v) is 5.42. The molecule has 2 atom stereocenters. The van der Waals surface area contributed by atoms with Gasteiger partial charge in [0, 0.05) is 19.1 Å². The minimum atomic E-state index is -3.46. The van der Waals surface area contributed by atoms with Gasteiger partial charge in [0.2, 0.25) is 10.0 Å². The first-order valence-electron chi connectivity index (χ1n) is 7.39. The number of benzene rings is 1. The van der Waals surface area contributed by atoms with E-state index >= 15 is 0 Å². The Morgan fingerprint density at radius 3 is 2.76 bits per heavy atom. The van der Waals surface area contributed by atoms with Gasteiger partial charge in [0.25, 0.3) is 0 Å². The summed E-state index contributed by atoms with van der Waals surface area (Å²) in [7, 11) is -0.0754. The lowest BCUT2D eigenvalue weighted by Crippen LogP contribution is -2.37. The van der Waals surface area contributed by atoms with Gasteiger partial charge >= 0.3 is 0 Å². The third kappa shape index (κ3) is 2.56. The fourth-order valence-electron chi connectivity index (χ4n) is 3.54. The van der Waals surface area contributed by atoms with E-state index in [1.54, 1.807) is 16.4 Å². The molecule has 1 heterocycles. The first kappa shape index (κ1) is 14.8. The summed E-state index contributed by atoms with van der Waals surface area (Å²) in [6.45, 7) is 1.35. The summed E-state index contributed by atoms with van der Waals surface area (Å²) < 4.78 is 32.8. The van der Waals surface area contributed by atoms with Crippen LogP contribution in [-0.2, 0) is 16.6 Å². The Bertz CT molecular complexity index is 630. The molecule has 2 aliphatic rings. The van der Waals surface area contributed by atoms with Gasteiger partial charge in [-0.05, 0) is 49.9 Å². The van der Waals surface area contributed by atoms with E-state index in [1.807, 2.05) is 13.1 Å². The number of sulfonamides is 1. The Kier molecular flexibility index (Phi) is 3.94. The number of piperidine rings is 1. The zero-order valence-corrected chi connectivity index (χ0v) is 13.3. The van der Waals surface area contributed by atoms with Crippen LogP contribution in [0.5, 0.6) is 5.75 Å². The summed E-state index contributed by atoms with van der Waals surface area (Å²) in [5.41, 5.74) is 1.01. The molecule has 1 saturated heterocycles. The SMILES string of the molecule is CNCc1ccc(S(=O)(=O)N2CC3CCC2C3)c(OC)c1. The minimum Gasteiger partial charge on any atom is -0.495 e. The van der Waals surface area contributed by atoms with Gasteiger partial charge in [-0.3, -0.25) is 0 Å². The van der Waals surface area contributed by atoms with Gasteiger partial charge in [-0.2, -0.15) is 4.31 Å². The third-order valence-corrected chi connectivity index (χ3v) is 6.51. The smallest absolute Gasteiger partial charge is 0.247 e. The average Bonchev–Trinajstić information content (AvgIpc) is 3.10. The molecule has 6 heteroatoms. The Balaban J connectivity index is 1.95. The van der Waals surface area contributed by atoms with Crippen LogP contribution < -0.4 is 10.1 Å². The van der Waals surface area contributed by atoms with Crippen LogP contribution in [0, 0.1) is 5.92 Å². The van der Waals surface area contributed by atoms with E-state index < -0.39 is 10.0 Å². The zero-order valence-electron chi connectivity index (χ0n) is 12.5. The number of nitrogens with one attached hydrogen (secondary N) is 1. The lowest BCUT2D eigenvalue weighted by molar-refractivity contribution is 0.330. The second-order valence-electron chi connectivity index (χ2n) is 5.92. The number of hydrogen-bond donors (Lipinski definition) is 1. The molecule has 0 amide bonds. The molecule has 1 aliphatic carbocycles. The van der Waals surface area contributed by atoms with E-state index in [9.17, 15) is 8.42 Å². The number of nitrogens with zero attached hydrogens (tertiary/aromatic N) is 1. The molecule has 5 nitrogen and oxygen atoms in total. The molecule has 1 aliphatic heterocycles. The monoisotopic (exact) mass is 310 g/mol. The van der Waals surface area contributed by atoms with Crippen molar-refractivity contribution in [2.45, 2.75) is 36.7 Å². The molecule has 3 rings (SSSR count). The van der Waals surface area contributed by atoms with Gasteiger partial charge in [-0.15, -0.1) is 0 Å². The summed E-state index contributed by atoms with van der Waals surface area (Å²) >= 11 is 0. The van der Waals surface area contributed by atoms with Gasteiger partial charge < -0.3 is 10.1 Å². The highest BCUT2D eigenvalue weighted by Crippen LogP contribution is 2.41. The van der Waals surface area contributed by atoms with Crippen LogP contribution in [0.1, 0.15) is 24.8 Å². The topological polar surface area (TPSA) is 58.6 Å². The van der Waals surface area contributed by atoms with Crippen LogP contribution in [0.15, 0.2) is 23.1 Å². The maximum atomic E-state index is 12.9. The van der Waals surface area contributed by atoms with Crippen LogP contribution in [-0.4, -0.2) is 39.5 Å². The van der Waals surface area contributed by atoms with Gasteiger partial charge in [0.05, 0.1) is 7.11 Å². The van der Waals surface area contributed by atoms with Crippen molar-refractivity contribution in [3.05, 3.63) is 23.8 Å². The molecular weight excluding hydrogens is 288 g/mol. The molecule has 1 N–H and O–H groups in total. The molecule has 1 saturated carbocycles. The van der Waals surface area contributed by atoms with Crippen LogP contribution in [0.3, 0.4) is 0 Å². The number of fused-ring (bicyclic) bond motifs is 2. The third-order valence-electron chi connectivity index (χ3n) is 4.55. The normalized spacial score (nSPS) is 25.4. The van der Waals surface area contributed by atoms with Crippen molar-refractivity contribution in [1.82, 2.24) is 9.62 Å². The second kappa shape index (κ2) is 5.59. The molecule has 116 valence electrons. The molecule has 0 spiro atoms. The van der Waals surface area contributed by atoms with E-state index in [1.165, 1.54) is 7.11 Å². The van der Waals surface area contributed by atoms with Crippen LogP contribution in [0.2, 0.25) is 0 Å². The summed E-state index contributed by atoms with van der Waals surface area (Å²) in [5, 5.41) is 3.06. The first-order chi connectivity index (χ1) is 10.1. The number of methoxy groups -OCH3 is 1. The lowest BCUT2D eigenvalue weighted by Gasteiger charge is -2.27. The first-order valence-corrected chi connectivity index (χ1v) is 8.83. The van der Waals surface area contributed by atoms with Gasteiger partial charge in [-0.1, -0.05) is 6.07 Å².